The van der Waals surface area contributed by atoms with Gasteiger partial charge in [-0.1, -0.05) is 12.8 Å². The minimum atomic E-state index is -0.870. The Kier molecular flexibility index (Phi) is 4.76. The first kappa shape index (κ1) is 14.3. The smallest absolute Gasteiger partial charge is 0.307 e. The molecule has 0 radical (unpaired) electrons. The molecule has 0 aromatic rings. The van der Waals surface area contributed by atoms with Crippen LogP contribution in [0.5, 0.6) is 0 Å². The van der Waals surface area contributed by atoms with Gasteiger partial charge in [-0.15, -0.1) is 0 Å². The van der Waals surface area contributed by atoms with E-state index < -0.39 is 17.8 Å². The molecule has 6 nitrogen and oxygen atoms in total. The highest BCUT2D eigenvalue weighted by atomic mass is 16.5. The number of hydrogen-bond donors (Lipinski definition) is 2. The molecule has 2 rings (SSSR count). The second-order valence-corrected chi connectivity index (χ2v) is 5.30. The lowest BCUT2D eigenvalue weighted by atomic mass is 9.78. The molecule has 0 aromatic carbocycles. The molecule has 1 saturated heterocycles. The Morgan fingerprint density at radius 1 is 1.21 bits per heavy atom. The highest BCUT2D eigenvalue weighted by molar-refractivity contribution is 5.85. The van der Waals surface area contributed by atoms with Crippen LogP contribution in [-0.4, -0.2) is 59.4 Å². The molecule has 1 amide bonds. The van der Waals surface area contributed by atoms with Crippen LogP contribution in [0.2, 0.25) is 0 Å². The minimum Gasteiger partial charge on any atom is -0.481 e. The second kappa shape index (κ2) is 6.34. The van der Waals surface area contributed by atoms with E-state index in [-0.39, 0.29) is 18.6 Å². The van der Waals surface area contributed by atoms with E-state index in [4.69, 9.17) is 9.84 Å². The van der Waals surface area contributed by atoms with Gasteiger partial charge in [-0.05, 0) is 12.8 Å². The van der Waals surface area contributed by atoms with Gasteiger partial charge in [-0.2, -0.15) is 0 Å². The summed E-state index contributed by atoms with van der Waals surface area (Å²) in [7, 11) is 0. The third kappa shape index (κ3) is 3.25. The molecular weight excluding hydrogens is 250 g/mol. The quantitative estimate of drug-likeness (QED) is 0.760. The number of hydrogen-bond acceptors (Lipinski definition) is 4. The number of ether oxygens (including phenoxy) is 1. The Morgan fingerprint density at radius 2 is 1.89 bits per heavy atom. The number of carbonyl (C=O) groups excluding carboxylic acids is 1. The first-order chi connectivity index (χ1) is 9.13. The lowest BCUT2D eigenvalue weighted by Gasteiger charge is -2.37. The molecule has 108 valence electrons. The second-order valence-electron chi connectivity index (χ2n) is 5.30. The van der Waals surface area contributed by atoms with Crippen LogP contribution in [0.1, 0.15) is 25.7 Å². The Hall–Kier alpha value is -1.14. The fourth-order valence-electron chi connectivity index (χ4n) is 2.99. The van der Waals surface area contributed by atoms with Crippen LogP contribution in [0.3, 0.4) is 0 Å². The standard InChI is InChI=1S/C13H21NO5/c15-8-9-7-14(5-6-19-9)12(16)10-3-1-2-4-11(10)13(17)18/h9-11,15H,1-8H2,(H,17,18). The number of aliphatic hydroxyl groups excluding tert-OH is 1. The first-order valence-corrected chi connectivity index (χ1v) is 6.87. The molecule has 2 fully saturated rings. The minimum absolute atomic E-state index is 0.0890. The maximum atomic E-state index is 12.5. The van der Waals surface area contributed by atoms with Gasteiger partial charge in [-0.3, -0.25) is 9.59 Å². The average Bonchev–Trinajstić information content (AvgIpc) is 2.46. The number of carbonyl (C=O) groups is 2. The van der Waals surface area contributed by atoms with Gasteiger partial charge >= 0.3 is 5.97 Å². The molecule has 1 heterocycles. The molecule has 6 heteroatoms. The van der Waals surface area contributed by atoms with E-state index in [2.05, 4.69) is 0 Å². The summed E-state index contributed by atoms with van der Waals surface area (Å²) in [5, 5.41) is 18.3. The maximum absolute atomic E-state index is 12.5. The molecule has 0 spiro atoms. The fourth-order valence-corrected chi connectivity index (χ4v) is 2.99. The van der Waals surface area contributed by atoms with Crippen LogP contribution in [-0.2, 0) is 14.3 Å². The summed E-state index contributed by atoms with van der Waals surface area (Å²) in [6, 6.07) is 0. The maximum Gasteiger partial charge on any atom is 0.307 e. The van der Waals surface area contributed by atoms with Crippen molar-refractivity contribution in [2.75, 3.05) is 26.3 Å². The van der Waals surface area contributed by atoms with E-state index in [1.54, 1.807) is 4.90 Å². The first-order valence-electron chi connectivity index (χ1n) is 6.87. The summed E-state index contributed by atoms with van der Waals surface area (Å²) in [5.41, 5.74) is 0. The topological polar surface area (TPSA) is 87.1 Å². The van der Waals surface area contributed by atoms with Crippen molar-refractivity contribution in [2.45, 2.75) is 31.8 Å². The third-order valence-corrected chi connectivity index (χ3v) is 4.05. The number of aliphatic carboxylic acids is 1. The molecule has 3 unspecified atom stereocenters. The number of rotatable bonds is 3. The molecule has 0 bridgehead atoms. The number of amides is 1. The van der Waals surface area contributed by atoms with Crippen LogP contribution in [0, 0.1) is 11.8 Å². The summed E-state index contributed by atoms with van der Waals surface area (Å²) in [4.78, 5) is 25.3. The summed E-state index contributed by atoms with van der Waals surface area (Å²) < 4.78 is 5.31. The van der Waals surface area contributed by atoms with E-state index in [1.807, 2.05) is 0 Å². The predicted octanol–water partition coefficient (Wildman–Crippen LogP) is 0.0971. The van der Waals surface area contributed by atoms with Crippen molar-refractivity contribution in [3.63, 3.8) is 0 Å². The van der Waals surface area contributed by atoms with Gasteiger partial charge < -0.3 is 19.8 Å². The van der Waals surface area contributed by atoms with E-state index in [0.29, 0.717) is 32.5 Å². The zero-order valence-electron chi connectivity index (χ0n) is 11.0. The third-order valence-electron chi connectivity index (χ3n) is 4.05. The highest BCUT2D eigenvalue weighted by Crippen LogP contribution is 2.32. The number of carboxylic acid groups (broad SMARTS) is 1. The van der Waals surface area contributed by atoms with Gasteiger partial charge in [0, 0.05) is 13.1 Å². The molecule has 3 atom stereocenters. The van der Waals surface area contributed by atoms with Gasteiger partial charge in [-0.25, -0.2) is 0 Å². The van der Waals surface area contributed by atoms with E-state index in [1.165, 1.54) is 0 Å². The van der Waals surface area contributed by atoms with Crippen LogP contribution >= 0.6 is 0 Å². The number of aliphatic hydroxyl groups is 1. The molecule has 2 N–H and O–H groups in total. The van der Waals surface area contributed by atoms with Gasteiger partial charge in [0.25, 0.3) is 0 Å². The summed E-state index contributed by atoms with van der Waals surface area (Å²) in [6.45, 7) is 1.13. The number of carboxylic acids is 1. The van der Waals surface area contributed by atoms with E-state index >= 15 is 0 Å². The van der Waals surface area contributed by atoms with Gasteiger partial charge in [0.1, 0.15) is 0 Å². The lowest BCUT2D eigenvalue weighted by molar-refractivity contribution is -0.156. The van der Waals surface area contributed by atoms with Crippen molar-refractivity contribution >= 4 is 11.9 Å². The largest absolute Gasteiger partial charge is 0.481 e. The Balaban J connectivity index is 2.02. The Bertz CT molecular complexity index is 346. The van der Waals surface area contributed by atoms with Crippen molar-refractivity contribution in [1.29, 1.82) is 0 Å². The monoisotopic (exact) mass is 271 g/mol. The van der Waals surface area contributed by atoms with Crippen molar-refractivity contribution in [2.24, 2.45) is 11.8 Å². The van der Waals surface area contributed by atoms with Crippen LogP contribution in [0.15, 0.2) is 0 Å². The van der Waals surface area contributed by atoms with E-state index in [9.17, 15) is 14.7 Å². The highest BCUT2D eigenvalue weighted by Gasteiger charge is 2.38. The van der Waals surface area contributed by atoms with Crippen molar-refractivity contribution in [3.05, 3.63) is 0 Å². The summed E-state index contributed by atoms with van der Waals surface area (Å²) >= 11 is 0. The Labute approximate surface area is 112 Å². The van der Waals surface area contributed by atoms with E-state index in [0.717, 1.165) is 12.8 Å². The summed E-state index contributed by atoms with van der Waals surface area (Å²) in [6.07, 6.45) is 2.68. The average molecular weight is 271 g/mol. The van der Waals surface area contributed by atoms with Crippen molar-refractivity contribution in [1.82, 2.24) is 4.90 Å². The normalized spacial score (nSPS) is 32.1. The number of morpholine rings is 1. The van der Waals surface area contributed by atoms with Crippen molar-refractivity contribution in [3.8, 4) is 0 Å². The number of nitrogens with zero attached hydrogens (tertiary/aromatic N) is 1. The Morgan fingerprint density at radius 3 is 2.53 bits per heavy atom. The zero-order chi connectivity index (χ0) is 13.8. The fraction of sp³-hybridized carbons (Fsp3) is 0.846. The van der Waals surface area contributed by atoms with Crippen LogP contribution < -0.4 is 0 Å². The molecule has 19 heavy (non-hydrogen) atoms. The van der Waals surface area contributed by atoms with Crippen LogP contribution in [0.25, 0.3) is 0 Å². The molecular formula is C13H21NO5. The van der Waals surface area contributed by atoms with Crippen molar-refractivity contribution < 1.29 is 24.5 Å². The predicted molar refractivity (Wildman–Crippen MR) is 66.5 cm³/mol. The molecule has 2 aliphatic rings. The molecule has 1 saturated carbocycles. The molecule has 1 aliphatic carbocycles. The van der Waals surface area contributed by atoms with Gasteiger partial charge in [0.2, 0.25) is 5.91 Å². The summed E-state index contributed by atoms with van der Waals surface area (Å²) in [5.74, 6) is -1.93. The van der Waals surface area contributed by atoms with Gasteiger partial charge in [0.15, 0.2) is 0 Å². The zero-order valence-corrected chi connectivity index (χ0v) is 11.0. The van der Waals surface area contributed by atoms with Crippen LogP contribution in [0.4, 0.5) is 0 Å². The molecule has 0 aromatic heterocycles. The molecule has 1 aliphatic heterocycles. The SMILES string of the molecule is O=C(O)C1CCCCC1C(=O)N1CCOC(CO)C1. The lowest BCUT2D eigenvalue weighted by Crippen LogP contribution is -2.51. The van der Waals surface area contributed by atoms with Gasteiger partial charge in [0.05, 0.1) is 31.2 Å².